The van der Waals surface area contributed by atoms with Crippen LogP contribution in [-0.4, -0.2) is 10.9 Å². The lowest BCUT2D eigenvalue weighted by molar-refractivity contribution is -0.109. The number of carbonyl (C=O) groups excluding carboxylic acids is 1. The zero-order valence-electron chi connectivity index (χ0n) is 7.91. The molecule has 0 aliphatic carbocycles. The van der Waals surface area contributed by atoms with Gasteiger partial charge in [-0.1, -0.05) is 29.7 Å². The highest BCUT2D eigenvalue weighted by molar-refractivity contribution is 8.13. The Balaban J connectivity index is 2.55. The Kier molecular flexibility index (Phi) is 4.09. The molecule has 0 saturated carbocycles. The molecule has 2 nitrogen and oxygen atoms in total. The summed E-state index contributed by atoms with van der Waals surface area (Å²) in [6.45, 7) is 1.53. The minimum atomic E-state index is 0.0897. The summed E-state index contributed by atoms with van der Waals surface area (Å²) in [5.41, 5.74) is 7.17. The van der Waals surface area contributed by atoms with Gasteiger partial charge in [0.15, 0.2) is 5.12 Å². The lowest BCUT2D eigenvalue weighted by Crippen LogP contribution is -1.85. The average Bonchev–Trinajstić information content (AvgIpc) is 2.12. The van der Waals surface area contributed by atoms with E-state index in [4.69, 9.17) is 5.73 Å². The summed E-state index contributed by atoms with van der Waals surface area (Å²) in [6, 6.07) is 7.38. The van der Waals surface area contributed by atoms with Crippen molar-refractivity contribution in [3.05, 3.63) is 29.8 Å². The summed E-state index contributed by atoms with van der Waals surface area (Å²) in [5.74, 6) is 6.37. The van der Waals surface area contributed by atoms with Crippen LogP contribution in [-0.2, 0) is 4.79 Å². The number of hydrogen-bond donors (Lipinski definition) is 1. The van der Waals surface area contributed by atoms with Crippen molar-refractivity contribution in [3.8, 4) is 11.8 Å². The van der Waals surface area contributed by atoms with E-state index in [2.05, 4.69) is 11.8 Å². The van der Waals surface area contributed by atoms with E-state index in [-0.39, 0.29) is 5.12 Å². The summed E-state index contributed by atoms with van der Waals surface area (Å²) < 4.78 is 0. The van der Waals surface area contributed by atoms with Gasteiger partial charge >= 0.3 is 0 Å². The van der Waals surface area contributed by atoms with E-state index in [1.807, 2.05) is 24.3 Å². The molecule has 0 unspecified atom stereocenters. The standard InChI is InChI=1S/C11H11NOS/c1-9(13)14-7-3-5-10-4-2-6-11(12)8-10/h2,4,6,8H,7,12H2,1H3. The Morgan fingerprint density at radius 2 is 2.36 bits per heavy atom. The molecule has 0 aliphatic heterocycles. The van der Waals surface area contributed by atoms with E-state index in [1.54, 1.807) is 0 Å². The molecule has 0 aromatic heterocycles. The van der Waals surface area contributed by atoms with Crippen molar-refractivity contribution in [1.82, 2.24) is 0 Å². The minimum absolute atomic E-state index is 0.0897. The van der Waals surface area contributed by atoms with Gasteiger partial charge in [-0.05, 0) is 18.2 Å². The molecule has 72 valence electrons. The fraction of sp³-hybridized carbons (Fsp3) is 0.182. The van der Waals surface area contributed by atoms with Crippen LogP contribution < -0.4 is 5.73 Å². The molecule has 0 heterocycles. The fourth-order valence-electron chi connectivity index (χ4n) is 0.892. The molecule has 3 heteroatoms. The quantitative estimate of drug-likeness (QED) is 0.562. The maximum atomic E-state index is 10.6. The highest BCUT2D eigenvalue weighted by Gasteiger charge is 1.89. The second-order valence-electron chi connectivity index (χ2n) is 2.71. The van der Waals surface area contributed by atoms with Crippen molar-refractivity contribution in [1.29, 1.82) is 0 Å². The molecule has 0 saturated heterocycles. The lowest BCUT2D eigenvalue weighted by Gasteiger charge is -1.92. The number of carbonyl (C=O) groups is 1. The van der Waals surface area contributed by atoms with Crippen LogP contribution in [0, 0.1) is 11.8 Å². The summed E-state index contributed by atoms with van der Waals surface area (Å²) >= 11 is 1.21. The normalized spacial score (nSPS) is 8.93. The van der Waals surface area contributed by atoms with E-state index >= 15 is 0 Å². The zero-order valence-corrected chi connectivity index (χ0v) is 8.73. The number of hydrogen-bond acceptors (Lipinski definition) is 3. The molecule has 0 bridgehead atoms. The molecular formula is C11H11NOS. The second-order valence-corrected chi connectivity index (χ2v) is 3.86. The first-order valence-corrected chi connectivity index (χ1v) is 5.15. The third kappa shape index (κ3) is 4.01. The van der Waals surface area contributed by atoms with Gasteiger partial charge in [0, 0.05) is 18.2 Å². The largest absolute Gasteiger partial charge is 0.399 e. The number of anilines is 1. The second kappa shape index (κ2) is 5.36. The van der Waals surface area contributed by atoms with Crippen molar-refractivity contribution in [2.24, 2.45) is 0 Å². The number of benzene rings is 1. The zero-order chi connectivity index (χ0) is 10.4. The topological polar surface area (TPSA) is 43.1 Å². The Morgan fingerprint density at radius 1 is 1.57 bits per heavy atom. The maximum Gasteiger partial charge on any atom is 0.186 e. The first kappa shape index (κ1) is 10.7. The molecule has 1 aromatic rings. The Hall–Kier alpha value is -1.40. The maximum absolute atomic E-state index is 10.6. The molecule has 1 aromatic carbocycles. The molecule has 0 aliphatic rings. The summed E-state index contributed by atoms with van der Waals surface area (Å²) in [5, 5.41) is 0.0897. The Bertz CT molecular complexity index is 390. The number of nitrogen functional groups attached to an aromatic ring is 1. The van der Waals surface area contributed by atoms with Crippen LogP contribution in [0.2, 0.25) is 0 Å². The van der Waals surface area contributed by atoms with Crippen molar-refractivity contribution in [2.75, 3.05) is 11.5 Å². The van der Waals surface area contributed by atoms with Crippen LogP contribution >= 0.6 is 11.8 Å². The van der Waals surface area contributed by atoms with E-state index in [0.29, 0.717) is 11.4 Å². The average molecular weight is 205 g/mol. The third-order valence-electron chi connectivity index (χ3n) is 1.47. The van der Waals surface area contributed by atoms with Crippen molar-refractivity contribution in [3.63, 3.8) is 0 Å². The first-order valence-electron chi connectivity index (χ1n) is 4.16. The van der Waals surface area contributed by atoms with Gasteiger partial charge in [0.05, 0.1) is 5.75 Å². The Labute approximate surface area is 87.9 Å². The molecular weight excluding hydrogens is 194 g/mol. The van der Waals surface area contributed by atoms with Crippen LogP contribution in [0.1, 0.15) is 12.5 Å². The molecule has 1 rings (SSSR count). The van der Waals surface area contributed by atoms with E-state index in [1.165, 1.54) is 18.7 Å². The van der Waals surface area contributed by atoms with Gasteiger partial charge in [-0.15, -0.1) is 0 Å². The fourth-order valence-corrected chi connectivity index (χ4v) is 1.24. The number of thioether (sulfide) groups is 1. The monoisotopic (exact) mass is 205 g/mol. The molecule has 0 radical (unpaired) electrons. The molecule has 2 N–H and O–H groups in total. The highest BCUT2D eigenvalue weighted by atomic mass is 32.2. The molecule has 0 spiro atoms. The van der Waals surface area contributed by atoms with Crippen LogP contribution in [0.5, 0.6) is 0 Å². The van der Waals surface area contributed by atoms with Gasteiger partial charge < -0.3 is 5.73 Å². The van der Waals surface area contributed by atoms with Crippen molar-refractivity contribution in [2.45, 2.75) is 6.92 Å². The van der Waals surface area contributed by atoms with Gasteiger partial charge in [-0.25, -0.2) is 0 Å². The van der Waals surface area contributed by atoms with Gasteiger partial charge in [0.2, 0.25) is 0 Å². The number of rotatable bonds is 1. The molecule has 0 amide bonds. The van der Waals surface area contributed by atoms with Crippen LogP contribution in [0.4, 0.5) is 5.69 Å². The molecule has 0 fully saturated rings. The Morgan fingerprint density at radius 3 is 3.00 bits per heavy atom. The van der Waals surface area contributed by atoms with E-state index in [9.17, 15) is 4.79 Å². The van der Waals surface area contributed by atoms with E-state index in [0.717, 1.165) is 5.56 Å². The predicted molar refractivity (Wildman–Crippen MR) is 60.9 cm³/mol. The highest BCUT2D eigenvalue weighted by Crippen LogP contribution is 2.05. The minimum Gasteiger partial charge on any atom is -0.399 e. The van der Waals surface area contributed by atoms with Gasteiger partial charge in [0.1, 0.15) is 0 Å². The van der Waals surface area contributed by atoms with Gasteiger partial charge in [-0.3, -0.25) is 4.79 Å². The van der Waals surface area contributed by atoms with Gasteiger partial charge in [0.25, 0.3) is 0 Å². The summed E-state index contributed by atoms with van der Waals surface area (Å²) in [6.07, 6.45) is 0. The van der Waals surface area contributed by atoms with Crippen LogP contribution in [0.25, 0.3) is 0 Å². The third-order valence-corrected chi connectivity index (χ3v) is 2.16. The first-order chi connectivity index (χ1) is 6.68. The van der Waals surface area contributed by atoms with Gasteiger partial charge in [-0.2, -0.15) is 0 Å². The summed E-state index contributed by atoms with van der Waals surface area (Å²) in [7, 11) is 0. The van der Waals surface area contributed by atoms with Crippen molar-refractivity contribution >= 4 is 22.6 Å². The van der Waals surface area contributed by atoms with E-state index < -0.39 is 0 Å². The lowest BCUT2D eigenvalue weighted by atomic mass is 10.2. The number of nitrogens with two attached hydrogens (primary N) is 1. The molecule has 14 heavy (non-hydrogen) atoms. The molecule has 0 atom stereocenters. The van der Waals surface area contributed by atoms with Crippen molar-refractivity contribution < 1.29 is 4.79 Å². The SMILES string of the molecule is CC(=O)SCC#Cc1cccc(N)c1. The summed E-state index contributed by atoms with van der Waals surface area (Å²) in [4.78, 5) is 10.6. The van der Waals surface area contributed by atoms with Crippen LogP contribution in [0.3, 0.4) is 0 Å². The predicted octanol–water partition coefficient (Wildman–Crippen LogP) is 1.90. The van der Waals surface area contributed by atoms with Crippen LogP contribution in [0.15, 0.2) is 24.3 Å². The smallest absolute Gasteiger partial charge is 0.186 e.